The average Bonchev–Trinajstić information content (AvgIpc) is 2.40. The van der Waals surface area contributed by atoms with Gasteiger partial charge >= 0.3 is 0 Å². The molecule has 0 radical (unpaired) electrons. The van der Waals surface area contributed by atoms with E-state index in [4.69, 9.17) is 10.5 Å². The van der Waals surface area contributed by atoms with Crippen LogP contribution in [0.15, 0.2) is 22.7 Å². The van der Waals surface area contributed by atoms with E-state index in [1.54, 1.807) is 0 Å². The second kappa shape index (κ2) is 4.95. The molecule has 0 bridgehead atoms. The highest BCUT2D eigenvalue weighted by molar-refractivity contribution is 9.10. The number of aryl methyl sites for hydroxylation is 1. The first-order valence-corrected chi connectivity index (χ1v) is 7.63. The number of hydrogen-bond donors (Lipinski definition) is 1. The van der Waals surface area contributed by atoms with Crippen LogP contribution in [0.3, 0.4) is 0 Å². The Balaban J connectivity index is 2.13. The van der Waals surface area contributed by atoms with Crippen LogP contribution in [0.5, 0.6) is 0 Å². The van der Waals surface area contributed by atoms with Crippen molar-refractivity contribution in [3.8, 4) is 0 Å². The number of halogens is 1. The van der Waals surface area contributed by atoms with E-state index in [0.29, 0.717) is 5.92 Å². The van der Waals surface area contributed by atoms with E-state index >= 15 is 0 Å². The molecule has 1 heterocycles. The minimum Gasteiger partial charge on any atom is -0.381 e. The molecular formula is C15H20BrNO. The lowest BCUT2D eigenvalue weighted by molar-refractivity contribution is 0.0211. The monoisotopic (exact) mass is 309 g/mol. The Morgan fingerprint density at radius 2 is 2.11 bits per heavy atom. The van der Waals surface area contributed by atoms with Gasteiger partial charge in [-0.1, -0.05) is 28.1 Å². The Hall–Kier alpha value is -0.380. The molecule has 1 fully saturated rings. The molecule has 3 rings (SSSR count). The summed E-state index contributed by atoms with van der Waals surface area (Å²) in [5, 5.41) is 0. The highest BCUT2D eigenvalue weighted by atomic mass is 79.9. The van der Waals surface area contributed by atoms with Gasteiger partial charge in [-0.2, -0.15) is 0 Å². The third-order valence-electron chi connectivity index (χ3n) is 4.81. The molecule has 0 amide bonds. The maximum atomic E-state index is 6.06. The van der Waals surface area contributed by atoms with Crippen molar-refractivity contribution in [3.63, 3.8) is 0 Å². The fraction of sp³-hybridized carbons (Fsp3) is 0.600. The van der Waals surface area contributed by atoms with Gasteiger partial charge in [0.2, 0.25) is 0 Å². The molecule has 1 aromatic carbocycles. The fourth-order valence-corrected chi connectivity index (χ4v) is 4.68. The fourth-order valence-electron chi connectivity index (χ4n) is 3.88. The second-order valence-electron chi connectivity index (χ2n) is 5.51. The van der Waals surface area contributed by atoms with Crippen molar-refractivity contribution in [2.75, 3.05) is 19.8 Å². The zero-order valence-corrected chi connectivity index (χ0v) is 12.2. The van der Waals surface area contributed by atoms with E-state index in [2.05, 4.69) is 34.1 Å². The van der Waals surface area contributed by atoms with Gasteiger partial charge in [-0.25, -0.2) is 0 Å². The van der Waals surface area contributed by atoms with Crippen LogP contribution >= 0.6 is 15.9 Å². The number of rotatable bonds is 1. The molecule has 18 heavy (non-hydrogen) atoms. The molecule has 2 nitrogen and oxygen atoms in total. The van der Waals surface area contributed by atoms with Gasteiger partial charge in [-0.3, -0.25) is 0 Å². The summed E-state index contributed by atoms with van der Waals surface area (Å²) in [4.78, 5) is 0. The van der Waals surface area contributed by atoms with Crippen LogP contribution in [0, 0.1) is 5.92 Å². The Morgan fingerprint density at radius 3 is 2.83 bits per heavy atom. The standard InChI is InChI=1S/C15H20BrNO/c16-13-3-1-2-11-4-5-12(10-17)15(14(11)13)6-8-18-9-7-15/h1-3,12H,4-10,17H2. The number of fused-ring (bicyclic) bond motifs is 2. The second-order valence-corrected chi connectivity index (χ2v) is 6.37. The van der Waals surface area contributed by atoms with Crippen molar-refractivity contribution in [1.29, 1.82) is 0 Å². The van der Waals surface area contributed by atoms with Crippen molar-refractivity contribution >= 4 is 15.9 Å². The van der Waals surface area contributed by atoms with E-state index < -0.39 is 0 Å². The van der Waals surface area contributed by atoms with Crippen LogP contribution in [0.1, 0.15) is 30.4 Å². The van der Waals surface area contributed by atoms with Gasteiger partial charge in [0.1, 0.15) is 0 Å². The van der Waals surface area contributed by atoms with E-state index in [1.807, 2.05) is 0 Å². The Bertz CT molecular complexity index is 440. The van der Waals surface area contributed by atoms with Gasteiger partial charge in [-0.15, -0.1) is 0 Å². The van der Waals surface area contributed by atoms with Gasteiger partial charge < -0.3 is 10.5 Å². The lowest BCUT2D eigenvalue weighted by Gasteiger charge is -2.48. The zero-order chi connectivity index (χ0) is 12.6. The molecule has 3 heteroatoms. The lowest BCUT2D eigenvalue weighted by atomic mass is 9.59. The molecule has 1 aliphatic heterocycles. The summed E-state index contributed by atoms with van der Waals surface area (Å²) < 4.78 is 6.85. The van der Waals surface area contributed by atoms with E-state index in [9.17, 15) is 0 Å². The van der Waals surface area contributed by atoms with Crippen molar-refractivity contribution in [2.24, 2.45) is 11.7 Å². The number of ether oxygens (including phenoxy) is 1. The molecule has 2 N–H and O–H groups in total. The molecule has 1 saturated heterocycles. The molecule has 1 spiro atoms. The predicted octanol–water partition coefficient (Wildman–Crippen LogP) is 3.02. The van der Waals surface area contributed by atoms with Crippen LogP contribution in [0.2, 0.25) is 0 Å². The minimum atomic E-state index is 0.251. The first kappa shape index (κ1) is 12.6. The maximum absolute atomic E-state index is 6.06. The van der Waals surface area contributed by atoms with Gasteiger partial charge in [-0.05, 0) is 55.3 Å². The largest absolute Gasteiger partial charge is 0.381 e. The van der Waals surface area contributed by atoms with E-state index in [-0.39, 0.29) is 5.41 Å². The van der Waals surface area contributed by atoms with Crippen LogP contribution < -0.4 is 5.73 Å². The molecule has 0 saturated carbocycles. The SMILES string of the molecule is NCC1CCc2cccc(Br)c2C12CCOCC2. The third kappa shape index (κ3) is 1.84. The number of nitrogens with two attached hydrogens (primary N) is 1. The Labute approximate surface area is 117 Å². The van der Waals surface area contributed by atoms with Crippen LogP contribution in [0.4, 0.5) is 0 Å². The Morgan fingerprint density at radius 1 is 1.33 bits per heavy atom. The van der Waals surface area contributed by atoms with Gasteiger partial charge in [0.05, 0.1) is 0 Å². The molecule has 1 aromatic rings. The molecule has 1 atom stereocenters. The van der Waals surface area contributed by atoms with Crippen molar-refractivity contribution in [1.82, 2.24) is 0 Å². The molecule has 2 aliphatic rings. The van der Waals surface area contributed by atoms with Crippen LogP contribution in [-0.2, 0) is 16.6 Å². The predicted molar refractivity (Wildman–Crippen MR) is 76.7 cm³/mol. The normalized spacial score (nSPS) is 26.0. The van der Waals surface area contributed by atoms with Crippen LogP contribution in [-0.4, -0.2) is 19.8 Å². The van der Waals surface area contributed by atoms with Crippen molar-refractivity contribution in [2.45, 2.75) is 31.1 Å². The minimum absolute atomic E-state index is 0.251. The van der Waals surface area contributed by atoms with Crippen molar-refractivity contribution in [3.05, 3.63) is 33.8 Å². The number of hydrogen-bond acceptors (Lipinski definition) is 2. The molecule has 98 valence electrons. The molecule has 1 aliphatic carbocycles. The highest BCUT2D eigenvalue weighted by Gasteiger charge is 2.45. The van der Waals surface area contributed by atoms with E-state index in [0.717, 1.165) is 32.6 Å². The molecule has 1 unspecified atom stereocenters. The summed E-state index contributed by atoms with van der Waals surface area (Å²) in [7, 11) is 0. The summed E-state index contributed by atoms with van der Waals surface area (Å²) in [6, 6.07) is 6.61. The number of benzene rings is 1. The smallest absolute Gasteiger partial charge is 0.0474 e. The Kier molecular flexibility index (Phi) is 3.48. The molecular weight excluding hydrogens is 290 g/mol. The summed E-state index contributed by atoms with van der Waals surface area (Å²) in [6.07, 6.45) is 4.62. The first-order chi connectivity index (χ1) is 8.78. The van der Waals surface area contributed by atoms with E-state index in [1.165, 1.54) is 28.4 Å². The topological polar surface area (TPSA) is 35.2 Å². The summed E-state index contributed by atoms with van der Waals surface area (Å²) in [5.74, 6) is 0.604. The van der Waals surface area contributed by atoms with Crippen molar-refractivity contribution < 1.29 is 4.74 Å². The molecule has 0 aromatic heterocycles. The van der Waals surface area contributed by atoms with Crippen LogP contribution in [0.25, 0.3) is 0 Å². The van der Waals surface area contributed by atoms with Gasteiger partial charge in [0.25, 0.3) is 0 Å². The zero-order valence-electron chi connectivity index (χ0n) is 10.6. The quantitative estimate of drug-likeness (QED) is 0.865. The van der Waals surface area contributed by atoms with Gasteiger partial charge in [0, 0.05) is 23.1 Å². The maximum Gasteiger partial charge on any atom is 0.0474 e. The highest BCUT2D eigenvalue weighted by Crippen LogP contribution is 2.50. The third-order valence-corrected chi connectivity index (χ3v) is 5.47. The average molecular weight is 310 g/mol. The summed E-state index contributed by atoms with van der Waals surface area (Å²) in [6.45, 7) is 2.54. The first-order valence-electron chi connectivity index (χ1n) is 6.83. The summed E-state index contributed by atoms with van der Waals surface area (Å²) >= 11 is 3.77. The lowest BCUT2D eigenvalue weighted by Crippen LogP contribution is -2.47. The van der Waals surface area contributed by atoms with Gasteiger partial charge in [0.15, 0.2) is 0 Å². The summed E-state index contributed by atoms with van der Waals surface area (Å²) in [5.41, 5.74) is 9.34.